The van der Waals surface area contributed by atoms with Crippen LogP contribution in [0, 0.1) is 5.92 Å². The Bertz CT molecular complexity index is 1260. The van der Waals surface area contributed by atoms with E-state index in [0.29, 0.717) is 0 Å². The Morgan fingerprint density at radius 2 is 2.00 bits per heavy atom. The van der Waals surface area contributed by atoms with Crippen LogP contribution in [-0.2, 0) is 14.3 Å². The molecule has 2 heterocycles. The summed E-state index contributed by atoms with van der Waals surface area (Å²) in [5.74, 6) is -0.262. The fourth-order valence-electron chi connectivity index (χ4n) is 3.65. The first-order chi connectivity index (χ1) is 17.9. The van der Waals surface area contributed by atoms with Gasteiger partial charge in [0.15, 0.2) is 17.6 Å². The second kappa shape index (κ2) is 12.6. The Labute approximate surface area is 219 Å². The number of ether oxygens (including phenoxy) is 3. The van der Waals surface area contributed by atoms with E-state index in [1.165, 1.54) is 12.1 Å². The van der Waals surface area contributed by atoms with E-state index in [9.17, 15) is 24.4 Å². The summed E-state index contributed by atoms with van der Waals surface area (Å²) in [6, 6.07) is 6.73. The molecular weight excluding hydrogens is 524 g/mol. The van der Waals surface area contributed by atoms with E-state index in [1.54, 1.807) is 19.1 Å². The van der Waals surface area contributed by atoms with E-state index < -0.39 is 55.5 Å². The van der Waals surface area contributed by atoms with Crippen LogP contribution < -0.4 is 25.4 Å². The number of alkyl halides is 1. The molecular formula is C24H31FN3O9P. The molecule has 0 aliphatic carbocycles. The zero-order valence-electron chi connectivity index (χ0n) is 21.4. The van der Waals surface area contributed by atoms with Crippen molar-refractivity contribution >= 4 is 14.1 Å². The maximum Gasteiger partial charge on any atom is 0.395 e. The highest BCUT2D eigenvalue weighted by Crippen LogP contribution is 2.41. The smallest absolute Gasteiger partial charge is 0.395 e. The molecule has 0 amide bonds. The van der Waals surface area contributed by atoms with E-state index in [0.717, 1.165) is 23.8 Å². The number of carbonyl (C=O) groups is 1. The number of para-hydroxylation sites is 2. The zero-order valence-corrected chi connectivity index (χ0v) is 22.3. The van der Waals surface area contributed by atoms with Gasteiger partial charge in [-0.15, -0.1) is 0 Å². The van der Waals surface area contributed by atoms with Crippen LogP contribution in [0.5, 0.6) is 11.5 Å². The number of hydrogen-bond acceptors (Lipinski definition) is 10. The SMILES string of the molecule is CCC(=O)OC[C@@H](N=[P+]([O-])Oc1ccccc1OC[C@H]1O[C@@H](n2ccc(=O)[nH]c2=O)[C@](C)(F)[C@@H]1O)C(C)C. The molecule has 1 saturated heterocycles. The first kappa shape index (κ1) is 29.4. The normalized spacial score (nSPS) is 24.3. The Morgan fingerprint density at radius 3 is 2.63 bits per heavy atom. The van der Waals surface area contributed by atoms with Gasteiger partial charge in [0.05, 0.1) is 0 Å². The number of rotatable bonds is 11. The Balaban J connectivity index is 1.71. The van der Waals surface area contributed by atoms with Crippen LogP contribution in [0.4, 0.5) is 4.39 Å². The molecule has 3 rings (SSSR count). The lowest BCUT2D eigenvalue weighted by Crippen LogP contribution is -2.43. The van der Waals surface area contributed by atoms with Crippen molar-refractivity contribution in [1.29, 1.82) is 0 Å². The summed E-state index contributed by atoms with van der Waals surface area (Å²) < 4.78 is 42.3. The van der Waals surface area contributed by atoms with Crippen molar-refractivity contribution in [2.45, 2.75) is 64.3 Å². The van der Waals surface area contributed by atoms with Gasteiger partial charge in [-0.05, 0) is 25.0 Å². The standard InChI is InChI=1S/C24H31FN3O9P/c1-5-20(30)35-12-15(14(2)3)27-38(33)37-17-9-7-6-8-16(17)34-13-18-21(31)24(4,25)22(36-18)28-11-10-19(29)26-23(28)32/h6-11,14-15,18,21-22,31H,5,12-13H2,1-4H3,(H,26,29,32)/t15-,18-,21-,22-,24-/m1/s1. The fourth-order valence-corrected chi connectivity index (χ4v) is 4.59. The van der Waals surface area contributed by atoms with Gasteiger partial charge in [0.2, 0.25) is 5.75 Å². The Kier molecular flexibility index (Phi) is 9.77. The number of halogens is 1. The predicted octanol–water partition coefficient (Wildman–Crippen LogP) is 1.81. The summed E-state index contributed by atoms with van der Waals surface area (Å²) in [5, 5.41) is 10.5. The highest BCUT2D eigenvalue weighted by atomic mass is 31.1. The minimum absolute atomic E-state index is 0.0363. The van der Waals surface area contributed by atoms with Gasteiger partial charge in [-0.25, -0.2) is 9.18 Å². The highest BCUT2D eigenvalue weighted by molar-refractivity contribution is 7.34. The average Bonchev–Trinajstić information content (AvgIpc) is 3.09. The van der Waals surface area contributed by atoms with Gasteiger partial charge in [-0.1, -0.05) is 37.6 Å². The number of aliphatic hydroxyl groups excluding tert-OH is 1. The monoisotopic (exact) mass is 555 g/mol. The van der Waals surface area contributed by atoms with Crippen LogP contribution in [0.25, 0.3) is 0 Å². The maximum absolute atomic E-state index is 15.4. The summed E-state index contributed by atoms with van der Waals surface area (Å²) >= 11 is 0. The molecule has 1 aliphatic rings. The van der Waals surface area contributed by atoms with Crippen LogP contribution in [0.1, 0.15) is 40.3 Å². The number of aromatic amines is 1. The minimum atomic E-state index is -2.57. The van der Waals surface area contributed by atoms with Gasteiger partial charge in [-0.3, -0.25) is 23.7 Å². The number of nitrogens with zero attached hydrogens (tertiary/aromatic N) is 2. The molecule has 0 spiro atoms. The molecule has 14 heteroatoms. The van der Waals surface area contributed by atoms with Gasteiger partial charge < -0.3 is 24.2 Å². The quantitative estimate of drug-likeness (QED) is 0.311. The summed E-state index contributed by atoms with van der Waals surface area (Å²) in [4.78, 5) is 49.6. The van der Waals surface area contributed by atoms with Gasteiger partial charge in [0.25, 0.3) is 5.56 Å². The summed E-state index contributed by atoms with van der Waals surface area (Å²) in [5.41, 5.74) is -3.94. The van der Waals surface area contributed by atoms with Crippen LogP contribution in [-0.4, -0.2) is 57.8 Å². The lowest BCUT2D eigenvalue weighted by Gasteiger charge is -2.24. The van der Waals surface area contributed by atoms with Crippen LogP contribution in [0.2, 0.25) is 0 Å². The van der Waals surface area contributed by atoms with Gasteiger partial charge in [-0.2, -0.15) is 0 Å². The Hall–Kier alpha value is -3.12. The van der Waals surface area contributed by atoms with Gasteiger partial charge in [0.1, 0.15) is 31.5 Å². The van der Waals surface area contributed by atoms with Crippen molar-refractivity contribution in [3.05, 3.63) is 57.4 Å². The molecule has 1 fully saturated rings. The van der Waals surface area contributed by atoms with E-state index in [4.69, 9.17) is 18.7 Å². The van der Waals surface area contributed by atoms with Crippen LogP contribution >= 0.6 is 8.17 Å². The number of hydrogen-bond donors (Lipinski definition) is 2. The van der Waals surface area contributed by atoms with Crippen molar-refractivity contribution in [3.8, 4) is 11.5 Å². The first-order valence-electron chi connectivity index (χ1n) is 12.0. The number of esters is 1. The molecule has 0 saturated carbocycles. The molecule has 1 unspecified atom stereocenters. The van der Waals surface area contributed by atoms with E-state index in [1.807, 2.05) is 18.8 Å². The summed E-state index contributed by atoms with van der Waals surface area (Å²) in [6.45, 7) is 6.04. The van der Waals surface area contributed by atoms with Crippen molar-refractivity contribution in [1.82, 2.24) is 9.55 Å². The van der Waals surface area contributed by atoms with Crippen molar-refractivity contribution < 1.29 is 37.9 Å². The topological polar surface area (TPSA) is 164 Å². The van der Waals surface area contributed by atoms with Crippen molar-refractivity contribution in [2.75, 3.05) is 13.2 Å². The van der Waals surface area contributed by atoms with Crippen molar-refractivity contribution in [2.24, 2.45) is 10.7 Å². The fraction of sp³-hybridized carbons (Fsp3) is 0.542. The molecule has 38 heavy (non-hydrogen) atoms. The minimum Gasteiger partial charge on any atom is -0.575 e. The Morgan fingerprint density at radius 1 is 1.32 bits per heavy atom. The predicted molar refractivity (Wildman–Crippen MR) is 133 cm³/mol. The average molecular weight is 555 g/mol. The molecule has 208 valence electrons. The molecule has 6 atom stereocenters. The van der Waals surface area contributed by atoms with E-state index in [-0.39, 0.29) is 37.1 Å². The molecule has 0 bridgehead atoms. The number of carbonyl (C=O) groups excluding carboxylic acids is 1. The zero-order chi connectivity index (χ0) is 28.0. The van der Waals surface area contributed by atoms with Crippen molar-refractivity contribution in [3.63, 3.8) is 0 Å². The molecule has 2 aromatic rings. The molecule has 1 aromatic carbocycles. The summed E-state index contributed by atoms with van der Waals surface area (Å²) in [6.07, 6.45) is -3.11. The largest absolute Gasteiger partial charge is 0.575 e. The number of nitrogens with one attached hydrogen (secondary N) is 1. The maximum atomic E-state index is 15.4. The van der Waals surface area contributed by atoms with E-state index >= 15 is 4.39 Å². The molecule has 1 aliphatic heterocycles. The molecule has 0 radical (unpaired) electrons. The number of aromatic nitrogens is 2. The lowest BCUT2D eigenvalue weighted by atomic mass is 9.98. The third kappa shape index (κ3) is 7.04. The first-order valence-corrected chi connectivity index (χ1v) is 13.1. The second-order valence-corrected chi connectivity index (χ2v) is 10.1. The number of aliphatic hydroxyl groups is 1. The molecule has 2 N–H and O–H groups in total. The lowest BCUT2D eigenvalue weighted by molar-refractivity contribution is -0.169. The number of H-pyrrole nitrogens is 1. The van der Waals surface area contributed by atoms with E-state index in [2.05, 4.69) is 4.74 Å². The third-order valence-electron chi connectivity index (χ3n) is 5.97. The van der Waals surface area contributed by atoms with Crippen LogP contribution in [0.3, 0.4) is 0 Å². The summed E-state index contributed by atoms with van der Waals surface area (Å²) in [7, 11) is -2.57. The third-order valence-corrected chi connectivity index (χ3v) is 6.80. The molecule has 12 nitrogen and oxygen atoms in total. The second-order valence-electron chi connectivity index (χ2n) is 9.19. The van der Waals surface area contributed by atoms with Gasteiger partial charge in [0, 0.05) is 18.7 Å². The molecule has 1 aromatic heterocycles. The highest BCUT2D eigenvalue weighted by Gasteiger charge is 2.55. The van der Waals surface area contributed by atoms with Crippen LogP contribution in [0.15, 0.2) is 50.9 Å². The van der Waals surface area contributed by atoms with Gasteiger partial charge >= 0.3 is 19.8 Å². The number of benzene rings is 1.